The van der Waals surface area contributed by atoms with E-state index in [1.807, 2.05) is 0 Å². The van der Waals surface area contributed by atoms with E-state index in [0.29, 0.717) is 13.0 Å². The van der Waals surface area contributed by atoms with Crippen molar-refractivity contribution in [3.05, 3.63) is 12.7 Å². The number of carbonyl (C=O) groups excluding carboxylic acids is 1. The summed E-state index contributed by atoms with van der Waals surface area (Å²) in [6.45, 7) is 3.91. The largest absolute Gasteiger partial charge is 0.447 e. The molecule has 0 rings (SSSR count). The Morgan fingerprint density at radius 2 is 2.45 bits per heavy atom. The van der Waals surface area contributed by atoms with Crippen LogP contribution in [0.4, 0.5) is 4.79 Å². The molecule has 0 aliphatic carbocycles. The van der Waals surface area contributed by atoms with Gasteiger partial charge in [-0.15, -0.1) is 6.58 Å². The summed E-state index contributed by atoms with van der Waals surface area (Å²) < 4.78 is 4.50. The highest BCUT2D eigenvalue weighted by Gasteiger charge is 1.97. The van der Waals surface area contributed by atoms with Crippen LogP contribution < -0.4 is 5.32 Å². The highest BCUT2D eigenvalue weighted by atomic mass is 16.6. The molecule has 0 heterocycles. The summed E-state index contributed by atoms with van der Waals surface area (Å²) in [4.78, 5) is 10.6. The first kappa shape index (κ1) is 9.97. The van der Waals surface area contributed by atoms with Crippen molar-refractivity contribution >= 4 is 6.09 Å². The molecule has 4 heteroatoms. The molecule has 0 saturated carbocycles. The smallest absolute Gasteiger partial charge is 0.407 e. The fraction of sp³-hybridized carbons (Fsp3) is 0.571. The second kappa shape index (κ2) is 7.08. The van der Waals surface area contributed by atoms with Gasteiger partial charge in [0.25, 0.3) is 0 Å². The molecule has 0 radical (unpaired) electrons. The SMILES string of the molecule is C=CCCNC(=O)OCCO. The molecular weight excluding hydrogens is 146 g/mol. The second-order valence-electron chi connectivity index (χ2n) is 1.86. The van der Waals surface area contributed by atoms with Gasteiger partial charge in [0.15, 0.2) is 0 Å². The average molecular weight is 159 g/mol. The summed E-state index contributed by atoms with van der Waals surface area (Å²) in [5, 5.41) is 10.7. The van der Waals surface area contributed by atoms with E-state index in [-0.39, 0.29) is 13.2 Å². The van der Waals surface area contributed by atoms with Crippen LogP contribution in [-0.4, -0.2) is 31.0 Å². The quantitative estimate of drug-likeness (QED) is 0.447. The lowest BCUT2D eigenvalue weighted by molar-refractivity contribution is 0.119. The predicted molar refractivity (Wildman–Crippen MR) is 41.3 cm³/mol. The van der Waals surface area contributed by atoms with Gasteiger partial charge in [-0.3, -0.25) is 0 Å². The molecule has 4 nitrogen and oxygen atoms in total. The van der Waals surface area contributed by atoms with E-state index in [0.717, 1.165) is 0 Å². The van der Waals surface area contributed by atoms with Crippen LogP contribution in [0.3, 0.4) is 0 Å². The number of amides is 1. The minimum absolute atomic E-state index is 0.0416. The summed E-state index contributed by atoms with van der Waals surface area (Å²) in [7, 11) is 0. The normalized spacial score (nSPS) is 8.82. The van der Waals surface area contributed by atoms with Crippen LogP contribution in [-0.2, 0) is 4.74 Å². The molecule has 0 aliphatic rings. The van der Waals surface area contributed by atoms with Crippen LogP contribution >= 0.6 is 0 Å². The van der Waals surface area contributed by atoms with Gasteiger partial charge in [-0.05, 0) is 6.42 Å². The zero-order valence-electron chi connectivity index (χ0n) is 6.38. The molecule has 0 saturated heterocycles. The topological polar surface area (TPSA) is 58.6 Å². The maximum Gasteiger partial charge on any atom is 0.407 e. The Morgan fingerprint density at radius 3 is 3.00 bits per heavy atom. The summed E-state index contributed by atoms with van der Waals surface area (Å²) in [6, 6.07) is 0. The lowest BCUT2D eigenvalue weighted by atomic mass is 10.4. The van der Waals surface area contributed by atoms with Crippen LogP contribution in [0.15, 0.2) is 12.7 Å². The van der Waals surface area contributed by atoms with Crippen molar-refractivity contribution in [1.82, 2.24) is 5.32 Å². The zero-order valence-corrected chi connectivity index (χ0v) is 6.38. The molecule has 0 aromatic rings. The summed E-state index contributed by atoms with van der Waals surface area (Å²) in [5.41, 5.74) is 0. The lowest BCUT2D eigenvalue weighted by Crippen LogP contribution is -2.25. The molecule has 0 atom stereocenters. The molecule has 64 valence electrons. The third-order valence-electron chi connectivity index (χ3n) is 0.942. The molecule has 0 aromatic heterocycles. The lowest BCUT2D eigenvalue weighted by Gasteiger charge is -2.02. The summed E-state index contributed by atoms with van der Waals surface area (Å²) in [6.07, 6.45) is 1.92. The van der Waals surface area contributed by atoms with Crippen molar-refractivity contribution in [2.45, 2.75) is 6.42 Å². The Bertz CT molecular complexity index is 125. The molecule has 0 unspecified atom stereocenters. The predicted octanol–water partition coefficient (Wildman–Crippen LogP) is 0.281. The number of hydrogen-bond donors (Lipinski definition) is 2. The molecule has 0 bridgehead atoms. The number of alkyl carbamates (subject to hydrolysis) is 1. The Kier molecular flexibility index (Phi) is 6.42. The van der Waals surface area contributed by atoms with Gasteiger partial charge in [0, 0.05) is 6.54 Å². The number of rotatable bonds is 5. The van der Waals surface area contributed by atoms with E-state index >= 15 is 0 Å². The molecule has 0 aliphatic heterocycles. The second-order valence-corrected chi connectivity index (χ2v) is 1.86. The zero-order chi connectivity index (χ0) is 8.53. The maximum absolute atomic E-state index is 10.6. The van der Waals surface area contributed by atoms with Crippen LogP contribution in [0.1, 0.15) is 6.42 Å². The fourth-order valence-corrected chi connectivity index (χ4v) is 0.466. The Labute approximate surface area is 65.9 Å². The number of ether oxygens (including phenoxy) is 1. The number of carbonyl (C=O) groups is 1. The van der Waals surface area contributed by atoms with E-state index in [9.17, 15) is 4.79 Å². The third-order valence-corrected chi connectivity index (χ3v) is 0.942. The number of nitrogens with one attached hydrogen (secondary N) is 1. The van der Waals surface area contributed by atoms with E-state index in [1.165, 1.54) is 0 Å². The van der Waals surface area contributed by atoms with Gasteiger partial charge < -0.3 is 15.2 Å². The molecule has 0 aromatic carbocycles. The average Bonchev–Trinajstić information content (AvgIpc) is 2.01. The van der Waals surface area contributed by atoms with Gasteiger partial charge in [0.1, 0.15) is 6.61 Å². The minimum Gasteiger partial charge on any atom is -0.447 e. The minimum atomic E-state index is -0.499. The first-order valence-corrected chi connectivity index (χ1v) is 3.43. The van der Waals surface area contributed by atoms with Crippen LogP contribution in [0.2, 0.25) is 0 Å². The fourth-order valence-electron chi connectivity index (χ4n) is 0.466. The van der Waals surface area contributed by atoms with Crippen molar-refractivity contribution in [2.75, 3.05) is 19.8 Å². The summed E-state index contributed by atoms with van der Waals surface area (Å²) in [5.74, 6) is 0. The first-order valence-electron chi connectivity index (χ1n) is 3.43. The highest BCUT2D eigenvalue weighted by Crippen LogP contribution is 1.79. The maximum atomic E-state index is 10.6. The van der Waals surface area contributed by atoms with Crippen LogP contribution in [0.25, 0.3) is 0 Å². The summed E-state index contributed by atoms with van der Waals surface area (Å²) >= 11 is 0. The molecule has 2 N–H and O–H groups in total. The van der Waals surface area contributed by atoms with Gasteiger partial charge in [-0.25, -0.2) is 4.79 Å². The van der Waals surface area contributed by atoms with E-state index < -0.39 is 6.09 Å². The Morgan fingerprint density at radius 1 is 1.73 bits per heavy atom. The number of aliphatic hydroxyl groups is 1. The van der Waals surface area contributed by atoms with Crippen molar-refractivity contribution in [3.8, 4) is 0 Å². The van der Waals surface area contributed by atoms with Gasteiger partial charge in [0.2, 0.25) is 0 Å². The first-order chi connectivity index (χ1) is 5.31. The van der Waals surface area contributed by atoms with E-state index in [1.54, 1.807) is 6.08 Å². The monoisotopic (exact) mass is 159 g/mol. The molecular formula is C7H13NO3. The van der Waals surface area contributed by atoms with Crippen molar-refractivity contribution < 1.29 is 14.6 Å². The van der Waals surface area contributed by atoms with Gasteiger partial charge in [-0.2, -0.15) is 0 Å². The van der Waals surface area contributed by atoms with Gasteiger partial charge in [-0.1, -0.05) is 6.08 Å². The van der Waals surface area contributed by atoms with Crippen LogP contribution in [0.5, 0.6) is 0 Å². The van der Waals surface area contributed by atoms with E-state index in [2.05, 4.69) is 16.6 Å². The van der Waals surface area contributed by atoms with Crippen molar-refractivity contribution in [1.29, 1.82) is 0 Å². The van der Waals surface area contributed by atoms with Gasteiger partial charge >= 0.3 is 6.09 Å². The molecule has 0 fully saturated rings. The van der Waals surface area contributed by atoms with Crippen molar-refractivity contribution in [3.63, 3.8) is 0 Å². The van der Waals surface area contributed by atoms with Crippen molar-refractivity contribution in [2.24, 2.45) is 0 Å². The Balaban J connectivity index is 3.15. The number of hydrogen-bond acceptors (Lipinski definition) is 3. The third kappa shape index (κ3) is 6.86. The molecule has 11 heavy (non-hydrogen) atoms. The number of aliphatic hydroxyl groups excluding tert-OH is 1. The Hall–Kier alpha value is -1.03. The standard InChI is InChI=1S/C7H13NO3/c1-2-3-4-8-7(10)11-6-5-9/h2,9H,1,3-6H2,(H,8,10). The van der Waals surface area contributed by atoms with Crippen LogP contribution in [0, 0.1) is 0 Å². The molecule has 1 amide bonds. The highest BCUT2D eigenvalue weighted by molar-refractivity contribution is 5.66. The van der Waals surface area contributed by atoms with E-state index in [4.69, 9.17) is 5.11 Å². The van der Waals surface area contributed by atoms with Gasteiger partial charge in [0.05, 0.1) is 6.61 Å². The molecule has 0 spiro atoms.